The lowest BCUT2D eigenvalue weighted by molar-refractivity contribution is 0.0951. The maximum atomic E-state index is 13.1. The fourth-order valence-corrected chi connectivity index (χ4v) is 5.37. The van der Waals surface area contributed by atoms with E-state index in [4.69, 9.17) is 11.6 Å². The molecule has 0 fully saturated rings. The number of amides is 1. The molecule has 0 saturated carbocycles. The van der Waals surface area contributed by atoms with Gasteiger partial charge in [0.05, 0.1) is 17.1 Å². The molecule has 1 aliphatic rings. The van der Waals surface area contributed by atoms with Crippen LogP contribution in [0, 0.1) is 0 Å². The molecule has 0 spiro atoms. The van der Waals surface area contributed by atoms with Gasteiger partial charge in [0.1, 0.15) is 0 Å². The number of hydrogen-bond donors (Lipinski definition) is 1. The van der Waals surface area contributed by atoms with Gasteiger partial charge in [0.2, 0.25) is 0 Å². The number of carbonyl (C=O) groups is 1. The molecule has 0 aliphatic carbocycles. The zero-order valence-corrected chi connectivity index (χ0v) is 17.6. The van der Waals surface area contributed by atoms with Crippen LogP contribution in [-0.4, -0.2) is 20.9 Å². The Morgan fingerprint density at radius 1 is 1.03 bits per heavy atom. The standard InChI is InChI=1S/C23H19ClN2O3S/c1-2-13-26-21-12-11-16(23(27)25-15-17-7-3-5-9-20(17)24)14-19(21)18-8-4-6-10-22(18)30(26,28)29/h2-12,14H,1,13,15H2,(H,25,27). The number of carbonyl (C=O) groups excluding carboxylic acids is 1. The van der Waals surface area contributed by atoms with Gasteiger partial charge < -0.3 is 5.32 Å². The Kier molecular flexibility index (Phi) is 5.37. The quantitative estimate of drug-likeness (QED) is 0.590. The molecule has 7 heteroatoms. The maximum absolute atomic E-state index is 13.1. The second-order valence-electron chi connectivity index (χ2n) is 6.83. The van der Waals surface area contributed by atoms with Crippen LogP contribution < -0.4 is 9.62 Å². The Bertz CT molecular complexity index is 1250. The van der Waals surface area contributed by atoms with E-state index in [0.29, 0.717) is 33.9 Å². The van der Waals surface area contributed by atoms with Crippen LogP contribution in [0.25, 0.3) is 11.1 Å². The molecule has 0 saturated heterocycles. The summed E-state index contributed by atoms with van der Waals surface area (Å²) in [4.78, 5) is 13.0. The van der Waals surface area contributed by atoms with Crippen molar-refractivity contribution >= 4 is 33.2 Å². The lowest BCUT2D eigenvalue weighted by Gasteiger charge is -2.31. The summed E-state index contributed by atoms with van der Waals surface area (Å²) < 4.78 is 27.4. The number of benzene rings is 3. The van der Waals surface area contributed by atoms with Gasteiger partial charge in [0.15, 0.2) is 0 Å². The van der Waals surface area contributed by atoms with Gasteiger partial charge in [0, 0.05) is 28.3 Å². The third-order valence-electron chi connectivity index (χ3n) is 4.96. The van der Waals surface area contributed by atoms with Gasteiger partial charge in [-0.05, 0) is 35.9 Å². The highest BCUT2D eigenvalue weighted by Crippen LogP contribution is 2.43. The summed E-state index contributed by atoms with van der Waals surface area (Å²) in [5, 5.41) is 3.45. The maximum Gasteiger partial charge on any atom is 0.265 e. The monoisotopic (exact) mass is 438 g/mol. The Morgan fingerprint density at radius 3 is 2.53 bits per heavy atom. The van der Waals surface area contributed by atoms with E-state index >= 15 is 0 Å². The molecule has 0 radical (unpaired) electrons. The second kappa shape index (κ2) is 7.97. The Labute approximate surface area is 180 Å². The number of rotatable bonds is 5. The highest BCUT2D eigenvalue weighted by atomic mass is 35.5. The van der Waals surface area contributed by atoms with Crippen molar-refractivity contribution in [1.82, 2.24) is 5.32 Å². The predicted octanol–water partition coefficient (Wildman–Crippen LogP) is 4.63. The van der Waals surface area contributed by atoms with E-state index in [1.807, 2.05) is 18.2 Å². The molecule has 5 nitrogen and oxygen atoms in total. The lowest BCUT2D eigenvalue weighted by Crippen LogP contribution is -2.34. The van der Waals surface area contributed by atoms with Crippen molar-refractivity contribution in [1.29, 1.82) is 0 Å². The van der Waals surface area contributed by atoms with Gasteiger partial charge in [0.25, 0.3) is 15.9 Å². The highest BCUT2D eigenvalue weighted by Gasteiger charge is 2.34. The number of nitrogens with one attached hydrogen (secondary N) is 1. The van der Waals surface area contributed by atoms with E-state index in [0.717, 1.165) is 5.56 Å². The summed E-state index contributed by atoms with van der Waals surface area (Å²) in [6, 6.07) is 19.1. The van der Waals surface area contributed by atoms with Crippen molar-refractivity contribution in [2.24, 2.45) is 0 Å². The van der Waals surface area contributed by atoms with Crippen LogP contribution in [0.15, 0.2) is 84.3 Å². The number of anilines is 1. The average Bonchev–Trinajstić information content (AvgIpc) is 2.75. The normalized spacial score (nSPS) is 13.8. The van der Waals surface area contributed by atoms with Crippen LogP contribution >= 0.6 is 11.6 Å². The smallest absolute Gasteiger partial charge is 0.265 e. The van der Waals surface area contributed by atoms with Gasteiger partial charge in [-0.1, -0.05) is 54.1 Å². The van der Waals surface area contributed by atoms with Crippen molar-refractivity contribution in [3.63, 3.8) is 0 Å². The van der Waals surface area contributed by atoms with Gasteiger partial charge >= 0.3 is 0 Å². The first-order chi connectivity index (χ1) is 14.4. The van der Waals surface area contributed by atoms with E-state index < -0.39 is 10.0 Å². The highest BCUT2D eigenvalue weighted by molar-refractivity contribution is 7.93. The molecule has 30 heavy (non-hydrogen) atoms. The van der Waals surface area contributed by atoms with Crippen molar-refractivity contribution < 1.29 is 13.2 Å². The van der Waals surface area contributed by atoms with Gasteiger partial charge in [-0.25, -0.2) is 8.42 Å². The third kappa shape index (κ3) is 3.49. The summed E-state index contributed by atoms with van der Waals surface area (Å²) in [6.07, 6.45) is 1.54. The largest absolute Gasteiger partial charge is 0.348 e. The first-order valence-corrected chi connectivity index (χ1v) is 11.1. The molecule has 0 unspecified atom stereocenters. The van der Waals surface area contributed by atoms with Crippen molar-refractivity contribution in [3.05, 3.63) is 95.5 Å². The molecule has 4 rings (SSSR count). The zero-order chi connectivity index (χ0) is 21.3. The zero-order valence-electron chi connectivity index (χ0n) is 16.0. The average molecular weight is 439 g/mol. The van der Waals surface area contributed by atoms with Gasteiger partial charge in [-0.2, -0.15) is 0 Å². The molecule has 1 aliphatic heterocycles. The Morgan fingerprint density at radius 2 is 1.77 bits per heavy atom. The fourth-order valence-electron chi connectivity index (χ4n) is 3.51. The van der Waals surface area contributed by atoms with E-state index in [1.165, 1.54) is 4.31 Å². The van der Waals surface area contributed by atoms with Gasteiger partial charge in [-0.15, -0.1) is 6.58 Å². The molecule has 3 aromatic rings. The molecule has 0 atom stereocenters. The van der Waals surface area contributed by atoms with Crippen LogP contribution in [-0.2, 0) is 16.6 Å². The summed E-state index contributed by atoms with van der Waals surface area (Å²) in [5.41, 5.74) is 3.05. The minimum atomic E-state index is -3.70. The fraction of sp³-hybridized carbons (Fsp3) is 0.0870. The first-order valence-electron chi connectivity index (χ1n) is 9.32. The molecule has 1 amide bonds. The lowest BCUT2D eigenvalue weighted by atomic mass is 10.00. The number of sulfonamides is 1. The van der Waals surface area contributed by atoms with E-state index in [2.05, 4.69) is 11.9 Å². The molecule has 1 heterocycles. The number of nitrogens with zero attached hydrogens (tertiary/aromatic N) is 1. The molecular weight excluding hydrogens is 420 g/mol. The van der Waals surface area contributed by atoms with Gasteiger partial charge in [-0.3, -0.25) is 9.10 Å². The van der Waals surface area contributed by atoms with Crippen LogP contribution in [0.2, 0.25) is 5.02 Å². The predicted molar refractivity (Wildman–Crippen MR) is 119 cm³/mol. The number of fused-ring (bicyclic) bond motifs is 3. The van der Waals surface area contributed by atoms with Crippen molar-refractivity contribution in [2.45, 2.75) is 11.4 Å². The van der Waals surface area contributed by atoms with E-state index in [-0.39, 0.29) is 17.3 Å². The number of halogens is 1. The summed E-state index contributed by atoms with van der Waals surface area (Å²) in [7, 11) is -3.70. The summed E-state index contributed by atoms with van der Waals surface area (Å²) in [6.45, 7) is 4.11. The van der Waals surface area contributed by atoms with Crippen LogP contribution in [0.5, 0.6) is 0 Å². The molecule has 0 bridgehead atoms. The van der Waals surface area contributed by atoms with E-state index in [1.54, 1.807) is 54.6 Å². The van der Waals surface area contributed by atoms with Crippen LogP contribution in [0.1, 0.15) is 15.9 Å². The van der Waals surface area contributed by atoms with E-state index in [9.17, 15) is 13.2 Å². The molecular formula is C23H19ClN2O3S. The molecule has 3 aromatic carbocycles. The van der Waals surface area contributed by atoms with Crippen LogP contribution in [0.4, 0.5) is 5.69 Å². The van der Waals surface area contributed by atoms with Crippen molar-refractivity contribution in [2.75, 3.05) is 10.8 Å². The minimum absolute atomic E-state index is 0.141. The number of hydrogen-bond acceptors (Lipinski definition) is 3. The van der Waals surface area contributed by atoms with Crippen molar-refractivity contribution in [3.8, 4) is 11.1 Å². The minimum Gasteiger partial charge on any atom is -0.348 e. The SMILES string of the molecule is C=CCN1c2ccc(C(=O)NCc3ccccc3Cl)cc2-c2ccccc2S1(=O)=O. The molecule has 0 aromatic heterocycles. The van der Waals surface area contributed by atoms with Crippen LogP contribution in [0.3, 0.4) is 0 Å². The molecule has 152 valence electrons. The summed E-state index contributed by atoms with van der Waals surface area (Å²) >= 11 is 6.16. The first kappa shape index (κ1) is 20.2. The second-order valence-corrected chi connectivity index (χ2v) is 9.06. The molecule has 1 N–H and O–H groups in total. The Balaban J connectivity index is 1.71. The third-order valence-corrected chi connectivity index (χ3v) is 7.17. The summed E-state index contributed by atoms with van der Waals surface area (Å²) in [5.74, 6) is -0.265. The topological polar surface area (TPSA) is 66.5 Å². The Hall–Kier alpha value is -3.09.